The summed E-state index contributed by atoms with van der Waals surface area (Å²) in [6.07, 6.45) is 3.72. The van der Waals surface area contributed by atoms with Crippen molar-refractivity contribution >= 4 is 11.9 Å². The molecule has 0 radical (unpaired) electrons. The number of hydrogen-bond acceptors (Lipinski definition) is 4. The van der Waals surface area contributed by atoms with E-state index in [-0.39, 0.29) is 24.5 Å². The summed E-state index contributed by atoms with van der Waals surface area (Å²) in [4.78, 5) is 22.1. The zero-order chi connectivity index (χ0) is 12.4. The predicted octanol–water partition coefficient (Wildman–Crippen LogP) is 2.45. The van der Waals surface area contributed by atoms with E-state index in [0.717, 1.165) is 25.7 Å². The molecule has 4 nitrogen and oxygen atoms in total. The third kappa shape index (κ3) is 8.26. The lowest BCUT2D eigenvalue weighted by Crippen LogP contribution is -2.21. The van der Waals surface area contributed by atoms with Crippen LogP contribution in [-0.2, 0) is 19.1 Å². The Morgan fingerprint density at radius 2 is 1.88 bits per heavy atom. The van der Waals surface area contributed by atoms with E-state index >= 15 is 0 Å². The topological polar surface area (TPSA) is 52.6 Å². The molecule has 0 aromatic carbocycles. The van der Waals surface area contributed by atoms with Crippen LogP contribution in [0.15, 0.2) is 0 Å². The number of ether oxygens (including phenoxy) is 2. The number of esters is 2. The average Bonchev–Trinajstić information content (AvgIpc) is 2.17. The van der Waals surface area contributed by atoms with Gasteiger partial charge in [0, 0.05) is 6.92 Å². The highest BCUT2D eigenvalue weighted by atomic mass is 16.6. The number of carbonyl (C=O) groups is 2. The molecule has 0 aliphatic heterocycles. The molecule has 0 heterocycles. The van der Waals surface area contributed by atoms with Gasteiger partial charge in [0.05, 0.1) is 13.0 Å². The Balaban J connectivity index is 3.98. The van der Waals surface area contributed by atoms with E-state index in [9.17, 15) is 9.59 Å². The molecule has 1 atom stereocenters. The van der Waals surface area contributed by atoms with E-state index in [1.54, 1.807) is 6.92 Å². The lowest BCUT2D eigenvalue weighted by Gasteiger charge is -2.15. The molecule has 0 saturated heterocycles. The van der Waals surface area contributed by atoms with Crippen LogP contribution in [0.4, 0.5) is 0 Å². The summed E-state index contributed by atoms with van der Waals surface area (Å²) in [7, 11) is 0. The van der Waals surface area contributed by atoms with E-state index in [1.165, 1.54) is 6.92 Å². The summed E-state index contributed by atoms with van der Waals surface area (Å²) in [6, 6.07) is 0. The van der Waals surface area contributed by atoms with Crippen LogP contribution in [0, 0.1) is 0 Å². The highest BCUT2D eigenvalue weighted by molar-refractivity contribution is 5.71. The summed E-state index contributed by atoms with van der Waals surface area (Å²) in [5, 5.41) is 0. The van der Waals surface area contributed by atoms with Crippen molar-refractivity contribution in [2.45, 2.75) is 59.0 Å². The van der Waals surface area contributed by atoms with Gasteiger partial charge in [-0.3, -0.25) is 9.59 Å². The van der Waals surface area contributed by atoms with Crippen LogP contribution in [0.2, 0.25) is 0 Å². The molecule has 0 bridgehead atoms. The fourth-order valence-corrected chi connectivity index (χ4v) is 1.47. The van der Waals surface area contributed by atoms with Gasteiger partial charge in [0.25, 0.3) is 0 Å². The van der Waals surface area contributed by atoms with Gasteiger partial charge < -0.3 is 9.47 Å². The van der Waals surface area contributed by atoms with Gasteiger partial charge in [0.1, 0.15) is 6.10 Å². The van der Waals surface area contributed by atoms with Gasteiger partial charge in [0.15, 0.2) is 0 Å². The third-order valence-corrected chi connectivity index (χ3v) is 2.16. The van der Waals surface area contributed by atoms with Crippen molar-refractivity contribution in [2.75, 3.05) is 6.61 Å². The zero-order valence-electron chi connectivity index (χ0n) is 10.5. The first kappa shape index (κ1) is 14.9. The Labute approximate surface area is 97.3 Å². The molecule has 0 N–H and O–H groups in total. The lowest BCUT2D eigenvalue weighted by atomic mass is 10.1. The van der Waals surface area contributed by atoms with Crippen molar-refractivity contribution in [3.63, 3.8) is 0 Å². The second kappa shape index (κ2) is 9.19. The first-order valence-corrected chi connectivity index (χ1v) is 5.93. The molecule has 0 spiro atoms. The highest BCUT2D eigenvalue weighted by Crippen LogP contribution is 2.11. The van der Waals surface area contributed by atoms with Gasteiger partial charge in [-0.1, -0.05) is 19.8 Å². The van der Waals surface area contributed by atoms with Crippen LogP contribution in [0.3, 0.4) is 0 Å². The monoisotopic (exact) mass is 230 g/mol. The van der Waals surface area contributed by atoms with Crippen molar-refractivity contribution in [1.29, 1.82) is 0 Å². The van der Waals surface area contributed by atoms with Crippen LogP contribution in [0.25, 0.3) is 0 Å². The van der Waals surface area contributed by atoms with Gasteiger partial charge in [-0.05, 0) is 19.8 Å². The normalized spacial score (nSPS) is 11.9. The van der Waals surface area contributed by atoms with Crippen LogP contribution in [0.1, 0.15) is 52.9 Å². The fourth-order valence-electron chi connectivity index (χ4n) is 1.47. The highest BCUT2D eigenvalue weighted by Gasteiger charge is 2.17. The minimum absolute atomic E-state index is 0.164. The molecule has 4 heteroatoms. The van der Waals surface area contributed by atoms with Crippen molar-refractivity contribution < 1.29 is 19.1 Å². The molecular formula is C12H22O4. The van der Waals surface area contributed by atoms with E-state index in [2.05, 4.69) is 6.92 Å². The van der Waals surface area contributed by atoms with Gasteiger partial charge >= 0.3 is 11.9 Å². The quantitative estimate of drug-likeness (QED) is 0.475. The van der Waals surface area contributed by atoms with Crippen molar-refractivity contribution in [1.82, 2.24) is 0 Å². The molecule has 0 saturated carbocycles. The minimum Gasteiger partial charge on any atom is -0.466 e. The number of carbonyl (C=O) groups excluding carboxylic acids is 2. The van der Waals surface area contributed by atoms with E-state index in [1.807, 2.05) is 0 Å². The van der Waals surface area contributed by atoms with Crippen LogP contribution >= 0.6 is 0 Å². The molecule has 0 aromatic rings. The summed E-state index contributed by atoms with van der Waals surface area (Å²) < 4.78 is 9.90. The average molecular weight is 230 g/mol. The Morgan fingerprint density at radius 3 is 2.38 bits per heavy atom. The van der Waals surface area contributed by atoms with Crippen LogP contribution in [0.5, 0.6) is 0 Å². The van der Waals surface area contributed by atoms with E-state index < -0.39 is 0 Å². The minimum atomic E-state index is -0.342. The Bertz CT molecular complexity index is 213. The van der Waals surface area contributed by atoms with Crippen LogP contribution < -0.4 is 0 Å². The SMILES string of the molecule is CCCCC[C@@H](CC(=O)OCC)OC(C)=O. The Hall–Kier alpha value is -1.06. The number of unbranched alkanes of at least 4 members (excludes halogenated alkanes) is 2. The van der Waals surface area contributed by atoms with Crippen molar-refractivity contribution in [2.24, 2.45) is 0 Å². The maximum absolute atomic E-state index is 11.3. The Kier molecular flexibility index (Phi) is 8.58. The molecule has 16 heavy (non-hydrogen) atoms. The standard InChI is InChI=1S/C12H22O4/c1-4-6-7-8-11(16-10(3)13)9-12(14)15-5-2/h11H,4-9H2,1-3H3/t11-/m0/s1. The van der Waals surface area contributed by atoms with E-state index in [0.29, 0.717) is 6.61 Å². The summed E-state index contributed by atoms with van der Waals surface area (Å²) in [5.41, 5.74) is 0. The van der Waals surface area contributed by atoms with Crippen molar-refractivity contribution in [3.05, 3.63) is 0 Å². The maximum Gasteiger partial charge on any atom is 0.309 e. The molecule has 0 unspecified atom stereocenters. The predicted molar refractivity (Wildman–Crippen MR) is 60.9 cm³/mol. The fraction of sp³-hybridized carbons (Fsp3) is 0.833. The molecule has 0 fully saturated rings. The largest absolute Gasteiger partial charge is 0.466 e. The summed E-state index contributed by atoms with van der Waals surface area (Å²) in [6.45, 7) is 5.58. The molecule has 0 aliphatic carbocycles. The molecule has 0 rings (SSSR count). The molecule has 0 aliphatic rings. The summed E-state index contributed by atoms with van der Waals surface area (Å²) in [5.74, 6) is -0.643. The van der Waals surface area contributed by atoms with Gasteiger partial charge in [-0.25, -0.2) is 0 Å². The van der Waals surface area contributed by atoms with Gasteiger partial charge in [-0.15, -0.1) is 0 Å². The smallest absolute Gasteiger partial charge is 0.309 e. The molecular weight excluding hydrogens is 208 g/mol. The van der Waals surface area contributed by atoms with Gasteiger partial charge in [0.2, 0.25) is 0 Å². The summed E-state index contributed by atoms with van der Waals surface area (Å²) >= 11 is 0. The first-order valence-electron chi connectivity index (χ1n) is 5.93. The first-order chi connectivity index (χ1) is 7.60. The third-order valence-electron chi connectivity index (χ3n) is 2.16. The van der Waals surface area contributed by atoms with Crippen LogP contribution in [-0.4, -0.2) is 24.6 Å². The number of rotatable bonds is 8. The molecule has 0 amide bonds. The van der Waals surface area contributed by atoms with E-state index in [4.69, 9.17) is 9.47 Å². The maximum atomic E-state index is 11.3. The molecule has 0 aromatic heterocycles. The lowest BCUT2D eigenvalue weighted by molar-refractivity contribution is -0.153. The second-order valence-electron chi connectivity index (χ2n) is 3.74. The van der Waals surface area contributed by atoms with Crippen molar-refractivity contribution in [3.8, 4) is 0 Å². The van der Waals surface area contributed by atoms with Gasteiger partial charge in [-0.2, -0.15) is 0 Å². The number of hydrogen-bond donors (Lipinski definition) is 0. The molecule has 94 valence electrons. The Morgan fingerprint density at radius 1 is 1.19 bits per heavy atom. The zero-order valence-corrected chi connectivity index (χ0v) is 10.5. The second-order valence-corrected chi connectivity index (χ2v) is 3.74.